The Kier molecular flexibility index (Phi) is 4.56. The van der Waals surface area contributed by atoms with E-state index < -0.39 is 22.4 Å². The minimum atomic E-state index is -4.61. The normalized spacial score (nSPS) is 31.9. The number of halogens is 3. The van der Waals surface area contributed by atoms with Gasteiger partial charge >= 0.3 is 6.18 Å². The topological polar surface area (TPSA) is 64.4 Å². The van der Waals surface area contributed by atoms with Gasteiger partial charge in [-0.3, -0.25) is 10.1 Å². The smallest absolute Gasteiger partial charge is 0.377 e. The van der Waals surface area contributed by atoms with Crippen LogP contribution in [0.15, 0.2) is 18.2 Å². The lowest BCUT2D eigenvalue weighted by atomic mass is 9.54. The van der Waals surface area contributed by atoms with E-state index in [9.17, 15) is 23.3 Å². The number of alkyl halides is 3. The molecule has 5 rings (SSSR count). The third kappa shape index (κ3) is 3.77. The number of hydrogen-bond donors (Lipinski definition) is 1. The molecule has 4 aliphatic rings. The van der Waals surface area contributed by atoms with Crippen molar-refractivity contribution in [2.75, 3.05) is 18.5 Å². The third-order valence-corrected chi connectivity index (χ3v) is 6.33. The summed E-state index contributed by atoms with van der Waals surface area (Å²) in [5.41, 5.74) is -1.56. The molecule has 4 aliphatic carbocycles. The monoisotopic (exact) mass is 384 g/mol. The first kappa shape index (κ1) is 18.5. The van der Waals surface area contributed by atoms with Crippen molar-refractivity contribution in [3.8, 4) is 0 Å². The van der Waals surface area contributed by atoms with Crippen molar-refractivity contribution < 1.29 is 22.8 Å². The molecule has 0 atom stereocenters. The van der Waals surface area contributed by atoms with Crippen molar-refractivity contribution in [2.24, 2.45) is 17.8 Å². The SMILES string of the molecule is O=[N+]([O-])c1cc(C(F)(F)F)ccc1NCCOC12CC3CC(CC(C3)C1)C2. The van der Waals surface area contributed by atoms with Crippen molar-refractivity contribution in [3.63, 3.8) is 0 Å². The van der Waals surface area contributed by atoms with E-state index in [1.807, 2.05) is 0 Å². The zero-order chi connectivity index (χ0) is 19.2. The maximum Gasteiger partial charge on any atom is 0.416 e. The van der Waals surface area contributed by atoms with Crippen LogP contribution in [0.2, 0.25) is 0 Å². The van der Waals surface area contributed by atoms with Gasteiger partial charge in [0.1, 0.15) is 5.69 Å². The maximum atomic E-state index is 12.8. The van der Waals surface area contributed by atoms with Gasteiger partial charge in [0.2, 0.25) is 0 Å². The molecule has 0 radical (unpaired) electrons. The van der Waals surface area contributed by atoms with Gasteiger partial charge in [-0.25, -0.2) is 0 Å². The van der Waals surface area contributed by atoms with Gasteiger partial charge in [-0.1, -0.05) is 0 Å². The Morgan fingerprint density at radius 1 is 1.15 bits per heavy atom. The summed E-state index contributed by atoms with van der Waals surface area (Å²) in [5, 5.41) is 14.0. The second kappa shape index (κ2) is 6.65. The summed E-state index contributed by atoms with van der Waals surface area (Å²) >= 11 is 0. The predicted octanol–water partition coefficient (Wildman–Crippen LogP) is 5.01. The largest absolute Gasteiger partial charge is 0.416 e. The zero-order valence-corrected chi connectivity index (χ0v) is 14.9. The molecule has 4 saturated carbocycles. The van der Waals surface area contributed by atoms with Gasteiger partial charge in [-0.15, -0.1) is 0 Å². The lowest BCUT2D eigenvalue weighted by molar-refractivity contribution is -0.384. The fourth-order valence-electron chi connectivity index (χ4n) is 5.67. The van der Waals surface area contributed by atoms with Gasteiger partial charge < -0.3 is 10.1 Å². The van der Waals surface area contributed by atoms with Crippen LogP contribution in [0.5, 0.6) is 0 Å². The summed E-state index contributed by atoms with van der Waals surface area (Å²) in [6.07, 6.45) is 2.64. The predicted molar refractivity (Wildman–Crippen MR) is 93.4 cm³/mol. The Hall–Kier alpha value is -1.83. The number of ether oxygens (including phenoxy) is 1. The Bertz CT molecular complexity index is 700. The van der Waals surface area contributed by atoms with E-state index in [1.165, 1.54) is 19.3 Å². The zero-order valence-electron chi connectivity index (χ0n) is 14.9. The van der Waals surface area contributed by atoms with Crippen LogP contribution in [0.25, 0.3) is 0 Å². The molecule has 1 aromatic rings. The van der Waals surface area contributed by atoms with Crippen LogP contribution in [-0.2, 0) is 10.9 Å². The van der Waals surface area contributed by atoms with E-state index in [4.69, 9.17) is 4.74 Å². The van der Waals surface area contributed by atoms with E-state index in [-0.39, 0.29) is 11.3 Å². The van der Waals surface area contributed by atoms with Crippen LogP contribution >= 0.6 is 0 Å². The van der Waals surface area contributed by atoms with E-state index in [1.54, 1.807) is 0 Å². The van der Waals surface area contributed by atoms with Crippen molar-refractivity contribution in [1.82, 2.24) is 0 Å². The fraction of sp³-hybridized carbons (Fsp3) is 0.684. The molecule has 0 spiro atoms. The number of benzene rings is 1. The number of nitrogens with zero attached hydrogens (tertiary/aromatic N) is 1. The summed E-state index contributed by atoms with van der Waals surface area (Å²) in [5.74, 6) is 2.29. The minimum absolute atomic E-state index is 0.0531. The Balaban J connectivity index is 1.36. The number of hydrogen-bond acceptors (Lipinski definition) is 4. The molecule has 1 N–H and O–H groups in total. The standard InChI is InChI=1S/C19H23F3N2O3/c20-19(21,22)15-1-2-16(17(8-15)24(25)26)23-3-4-27-18-9-12-5-13(10-18)7-14(6-12)11-18/h1-2,8,12-14,23H,3-7,9-11H2. The summed E-state index contributed by atoms with van der Waals surface area (Å²) < 4.78 is 44.5. The minimum Gasteiger partial charge on any atom is -0.377 e. The highest BCUT2D eigenvalue weighted by Gasteiger charge is 2.51. The van der Waals surface area contributed by atoms with Crippen molar-refractivity contribution >= 4 is 11.4 Å². The second-order valence-corrected chi connectivity index (χ2v) is 8.36. The van der Waals surface area contributed by atoms with Gasteiger partial charge in [0.15, 0.2) is 0 Å². The molecule has 4 bridgehead atoms. The number of nitro benzene ring substituents is 1. The highest BCUT2D eigenvalue weighted by Crippen LogP contribution is 2.57. The summed E-state index contributed by atoms with van der Waals surface area (Å²) in [4.78, 5) is 10.3. The van der Waals surface area contributed by atoms with Crippen molar-refractivity contribution in [1.29, 1.82) is 0 Å². The highest BCUT2D eigenvalue weighted by molar-refractivity contribution is 5.62. The Morgan fingerprint density at radius 2 is 1.74 bits per heavy atom. The molecule has 5 nitrogen and oxygen atoms in total. The van der Waals surface area contributed by atoms with Gasteiger partial charge in [-0.05, 0) is 68.4 Å². The number of anilines is 1. The van der Waals surface area contributed by atoms with Crippen LogP contribution in [-0.4, -0.2) is 23.7 Å². The molecule has 148 valence electrons. The summed E-state index contributed by atoms with van der Waals surface area (Å²) in [7, 11) is 0. The van der Waals surface area contributed by atoms with E-state index in [0.717, 1.165) is 49.1 Å². The molecule has 1 aromatic carbocycles. The van der Waals surface area contributed by atoms with Crippen molar-refractivity contribution in [2.45, 2.75) is 50.3 Å². The first-order valence-corrected chi connectivity index (χ1v) is 9.47. The molecule has 0 aromatic heterocycles. The average Bonchev–Trinajstić information content (AvgIpc) is 2.56. The maximum absolute atomic E-state index is 12.8. The molecular formula is C19H23F3N2O3. The van der Waals surface area contributed by atoms with Crippen LogP contribution in [0, 0.1) is 27.9 Å². The molecule has 0 saturated heterocycles. The average molecular weight is 384 g/mol. The van der Waals surface area contributed by atoms with Gasteiger partial charge in [0.25, 0.3) is 5.69 Å². The third-order valence-electron chi connectivity index (χ3n) is 6.33. The van der Waals surface area contributed by atoms with Gasteiger partial charge in [0.05, 0.1) is 22.7 Å². The first-order valence-electron chi connectivity index (χ1n) is 9.47. The number of rotatable bonds is 6. The van der Waals surface area contributed by atoms with Crippen LogP contribution < -0.4 is 5.32 Å². The lowest BCUT2D eigenvalue weighted by Gasteiger charge is -2.56. The van der Waals surface area contributed by atoms with Crippen LogP contribution in [0.1, 0.15) is 44.1 Å². The molecule has 8 heteroatoms. The van der Waals surface area contributed by atoms with Crippen molar-refractivity contribution in [3.05, 3.63) is 33.9 Å². The molecular weight excluding hydrogens is 361 g/mol. The number of nitrogens with one attached hydrogen (secondary N) is 1. The van der Waals surface area contributed by atoms with Crippen LogP contribution in [0.3, 0.4) is 0 Å². The fourth-order valence-corrected chi connectivity index (χ4v) is 5.67. The quantitative estimate of drug-likeness (QED) is 0.425. The summed E-state index contributed by atoms with van der Waals surface area (Å²) in [6, 6.07) is 2.54. The van der Waals surface area contributed by atoms with E-state index in [0.29, 0.717) is 19.2 Å². The lowest BCUT2D eigenvalue weighted by Crippen LogP contribution is -2.52. The van der Waals surface area contributed by atoms with E-state index in [2.05, 4.69) is 5.32 Å². The first-order chi connectivity index (χ1) is 12.7. The number of nitro groups is 1. The second-order valence-electron chi connectivity index (χ2n) is 8.36. The molecule has 27 heavy (non-hydrogen) atoms. The highest BCUT2D eigenvalue weighted by atomic mass is 19.4. The Morgan fingerprint density at radius 3 is 2.26 bits per heavy atom. The molecule has 0 aliphatic heterocycles. The molecule has 0 unspecified atom stereocenters. The molecule has 0 heterocycles. The summed E-state index contributed by atoms with van der Waals surface area (Å²) in [6.45, 7) is 0.721. The molecule has 0 amide bonds. The molecule has 4 fully saturated rings. The van der Waals surface area contributed by atoms with Gasteiger partial charge in [0, 0.05) is 12.6 Å². The van der Waals surface area contributed by atoms with E-state index >= 15 is 0 Å². The Labute approximate surface area is 155 Å². The van der Waals surface area contributed by atoms with Crippen LogP contribution in [0.4, 0.5) is 24.5 Å². The van der Waals surface area contributed by atoms with Gasteiger partial charge in [-0.2, -0.15) is 13.2 Å².